The largest absolute Gasteiger partial charge is 0.352 e. The summed E-state index contributed by atoms with van der Waals surface area (Å²) in [6, 6.07) is 8.97. The summed E-state index contributed by atoms with van der Waals surface area (Å²) in [5.41, 5.74) is 1.78. The normalized spacial score (nSPS) is 13.1. The topological polar surface area (TPSA) is 87.3 Å². The maximum Gasteiger partial charge on any atom is 0.252 e. The van der Waals surface area contributed by atoms with Crippen LogP contribution in [0.25, 0.3) is 0 Å². The molecule has 0 atom stereocenters. The van der Waals surface area contributed by atoms with Crippen LogP contribution >= 0.6 is 11.3 Å². The molecule has 1 fully saturated rings. The monoisotopic (exact) mass is 371 g/mol. The standard InChI is InChI=1S/C19H21N3O3S/c23-17(5-2-9-20-18(24)14-8-10-26-12-14)21-16-4-1-3-13(11-16)19(25)22-15-6-7-15/h1,3-4,8,10-12,15H,2,5-7,9H2,(H,20,24)(H,21,23)(H,22,25). The van der Waals surface area contributed by atoms with Crippen LogP contribution in [0.4, 0.5) is 5.69 Å². The Morgan fingerprint density at radius 1 is 1.08 bits per heavy atom. The molecule has 0 saturated heterocycles. The van der Waals surface area contributed by atoms with Crippen LogP contribution in [-0.2, 0) is 4.79 Å². The van der Waals surface area contributed by atoms with Crippen LogP contribution in [0.15, 0.2) is 41.1 Å². The first-order chi connectivity index (χ1) is 12.6. The van der Waals surface area contributed by atoms with Crippen LogP contribution in [0.2, 0.25) is 0 Å². The van der Waals surface area contributed by atoms with E-state index in [4.69, 9.17) is 0 Å². The van der Waals surface area contributed by atoms with Gasteiger partial charge < -0.3 is 16.0 Å². The van der Waals surface area contributed by atoms with E-state index in [0.717, 1.165) is 12.8 Å². The van der Waals surface area contributed by atoms with Gasteiger partial charge in [0.1, 0.15) is 0 Å². The highest BCUT2D eigenvalue weighted by molar-refractivity contribution is 7.08. The zero-order valence-corrected chi connectivity index (χ0v) is 15.1. The van der Waals surface area contributed by atoms with Gasteiger partial charge in [0.2, 0.25) is 5.91 Å². The third-order valence-corrected chi connectivity index (χ3v) is 4.65. The summed E-state index contributed by atoms with van der Waals surface area (Å²) in [5, 5.41) is 12.1. The molecule has 1 aromatic carbocycles. The second kappa shape index (κ2) is 8.62. The van der Waals surface area contributed by atoms with Crippen molar-refractivity contribution in [3.63, 3.8) is 0 Å². The number of amides is 3. The van der Waals surface area contributed by atoms with Crippen molar-refractivity contribution in [3.05, 3.63) is 52.2 Å². The van der Waals surface area contributed by atoms with Crippen molar-refractivity contribution in [2.24, 2.45) is 0 Å². The van der Waals surface area contributed by atoms with E-state index in [0.29, 0.717) is 42.2 Å². The third-order valence-electron chi connectivity index (χ3n) is 3.97. The summed E-state index contributed by atoms with van der Waals surface area (Å²) in [4.78, 5) is 35.9. The van der Waals surface area contributed by atoms with Crippen LogP contribution in [0.3, 0.4) is 0 Å². The molecule has 0 radical (unpaired) electrons. The van der Waals surface area contributed by atoms with Gasteiger partial charge in [0, 0.05) is 41.2 Å². The summed E-state index contributed by atoms with van der Waals surface area (Å²) in [6.45, 7) is 0.436. The molecular formula is C19H21N3O3S. The van der Waals surface area contributed by atoms with Crippen molar-refractivity contribution in [2.45, 2.75) is 31.7 Å². The molecule has 3 N–H and O–H groups in total. The molecule has 1 heterocycles. The Hall–Kier alpha value is -2.67. The lowest BCUT2D eigenvalue weighted by atomic mass is 10.2. The molecule has 0 bridgehead atoms. The van der Waals surface area contributed by atoms with Gasteiger partial charge in [-0.15, -0.1) is 0 Å². The molecule has 1 aromatic heterocycles. The Morgan fingerprint density at radius 3 is 2.65 bits per heavy atom. The molecule has 1 aliphatic carbocycles. The maximum atomic E-state index is 12.0. The van der Waals surface area contributed by atoms with E-state index in [1.54, 1.807) is 35.7 Å². The van der Waals surface area contributed by atoms with E-state index < -0.39 is 0 Å². The molecule has 136 valence electrons. The van der Waals surface area contributed by atoms with E-state index in [9.17, 15) is 14.4 Å². The first-order valence-corrected chi connectivity index (χ1v) is 9.57. The second-order valence-corrected chi connectivity index (χ2v) is 7.03. The number of rotatable bonds is 8. The highest BCUT2D eigenvalue weighted by atomic mass is 32.1. The van der Waals surface area contributed by atoms with E-state index in [1.807, 2.05) is 5.38 Å². The zero-order valence-electron chi connectivity index (χ0n) is 14.3. The van der Waals surface area contributed by atoms with Crippen molar-refractivity contribution in [2.75, 3.05) is 11.9 Å². The quantitative estimate of drug-likeness (QED) is 0.624. The summed E-state index contributed by atoms with van der Waals surface area (Å²) >= 11 is 1.47. The highest BCUT2D eigenvalue weighted by Crippen LogP contribution is 2.20. The smallest absolute Gasteiger partial charge is 0.252 e. The fourth-order valence-corrected chi connectivity index (χ4v) is 3.04. The number of thiophene rings is 1. The van der Waals surface area contributed by atoms with Crippen LogP contribution in [0.1, 0.15) is 46.4 Å². The van der Waals surface area contributed by atoms with Crippen LogP contribution in [-0.4, -0.2) is 30.3 Å². The van der Waals surface area contributed by atoms with E-state index >= 15 is 0 Å². The minimum absolute atomic E-state index is 0.111. The Labute approximate surface area is 156 Å². The molecule has 3 rings (SSSR count). The van der Waals surface area contributed by atoms with Crippen molar-refractivity contribution in [1.29, 1.82) is 0 Å². The van der Waals surface area contributed by atoms with E-state index in [2.05, 4.69) is 16.0 Å². The molecule has 26 heavy (non-hydrogen) atoms. The van der Waals surface area contributed by atoms with E-state index in [-0.39, 0.29) is 17.7 Å². The predicted octanol–water partition coefficient (Wildman–Crippen LogP) is 2.79. The molecule has 1 aliphatic rings. The second-order valence-electron chi connectivity index (χ2n) is 6.25. The fraction of sp³-hybridized carbons (Fsp3) is 0.316. The van der Waals surface area contributed by atoms with Gasteiger partial charge in [-0.25, -0.2) is 0 Å². The molecular weight excluding hydrogens is 350 g/mol. The molecule has 0 spiro atoms. The van der Waals surface area contributed by atoms with Crippen molar-refractivity contribution < 1.29 is 14.4 Å². The van der Waals surface area contributed by atoms with Crippen molar-refractivity contribution in [3.8, 4) is 0 Å². The highest BCUT2D eigenvalue weighted by Gasteiger charge is 2.23. The lowest BCUT2D eigenvalue weighted by Gasteiger charge is -2.08. The van der Waals surface area contributed by atoms with Gasteiger partial charge in [-0.2, -0.15) is 11.3 Å². The van der Waals surface area contributed by atoms with Crippen LogP contribution in [0.5, 0.6) is 0 Å². The van der Waals surface area contributed by atoms with Crippen LogP contribution in [0, 0.1) is 0 Å². The Balaban J connectivity index is 1.40. The Kier molecular flexibility index (Phi) is 6.01. The summed E-state index contributed by atoms with van der Waals surface area (Å²) in [7, 11) is 0. The number of hydrogen-bond donors (Lipinski definition) is 3. The number of carbonyl (C=O) groups excluding carboxylic acids is 3. The molecule has 3 amide bonds. The Bertz CT molecular complexity index is 785. The molecule has 0 aliphatic heterocycles. The number of carbonyl (C=O) groups is 3. The molecule has 1 saturated carbocycles. The predicted molar refractivity (Wildman–Crippen MR) is 101 cm³/mol. The minimum atomic E-state index is -0.144. The van der Waals surface area contributed by atoms with Gasteiger partial charge >= 0.3 is 0 Å². The summed E-state index contributed by atoms with van der Waals surface area (Å²) in [5.74, 6) is -0.379. The number of nitrogens with one attached hydrogen (secondary N) is 3. The number of hydrogen-bond acceptors (Lipinski definition) is 4. The van der Waals surface area contributed by atoms with Gasteiger partial charge in [0.25, 0.3) is 11.8 Å². The maximum absolute atomic E-state index is 12.0. The first kappa shape index (κ1) is 18.1. The number of anilines is 1. The summed E-state index contributed by atoms with van der Waals surface area (Å²) in [6.07, 6.45) is 2.90. The lowest BCUT2D eigenvalue weighted by Crippen LogP contribution is -2.25. The fourth-order valence-electron chi connectivity index (χ4n) is 2.40. The minimum Gasteiger partial charge on any atom is -0.352 e. The van der Waals surface area contributed by atoms with Gasteiger partial charge in [-0.1, -0.05) is 6.07 Å². The Morgan fingerprint density at radius 2 is 1.92 bits per heavy atom. The van der Waals surface area contributed by atoms with Crippen molar-refractivity contribution >= 4 is 34.7 Å². The molecule has 0 unspecified atom stereocenters. The van der Waals surface area contributed by atoms with Gasteiger partial charge in [0.05, 0.1) is 0 Å². The van der Waals surface area contributed by atoms with Crippen molar-refractivity contribution in [1.82, 2.24) is 10.6 Å². The summed E-state index contributed by atoms with van der Waals surface area (Å²) < 4.78 is 0. The average Bonchev–Trinajstić information content (AvgIpc) is 3.27. The van der Waals surface area contributed by atoms with E-state index in [1.165, 1.54) is 11.3 Å². The molecule has 2 aromatic rings. The third kappa shape index (κ3) is 5.42. The zero-order chi connectivity index (χ0) is 18.4. The van der Waals surface area contributed by atoms with Crippen LogP contribution < -0.4 is 16.0 Å². The lowest BCUT2D eigenvalue weighted by molar-refractivity contribution is -0.116. The average molecular weight is 371 g/mol. The first-order valence-electron chi connectivity index (χ1n) is 8.63. The molecule has 7 heteroatoms. The van der Waals surface area contributed by atoms with Gasteiger partial charge in [-0.05, 0) is 48.9 Å². The SMILES string of the molecule is O=C(CCCNC(=O)c1ccsc1)Nc1cccc(C(=O)NC2CC2)c1. The number of benzene rings is 1. The molecule has 6 nitrogen and oxygen atoms in total. The van der Waals surface area contributed by atoms with Gasteiger partial charge in [0.15, 0.2) is 0 Å². The van der Waals surface area contributed by atoms with Gasteiger partial charge in [-0.3, -0.25) is 14.4 Å².